The van der Waals surface area contributed by atoms with Crippen molar-refractivity contribution in [1.82, 2.24) is 9.78 Å². The van der Waals surface area contributed by atoms with Gasteiger partial charge in [0, 0.05) is 11.1 Å². The molecule has 2 aromatic rings. The first-order valence-corrected chi connectivity index (χ1v) is 11.0. The predicted octanol–water partition coefficient (Wildman–Crippen LogP) is 5.02. The van der Waals surface area contributed by atoms with Gasteiger partial charge < -0.3 is 10.1 Å². The normalized spacial score (nSPS) is 15.6. The number of aromatic nitrogens is 2. The smallest absolute Gasteiger partial charge is 0.341 e. The molecule has 2 unspecified atom stereocenters. The number of carbonyl (C=O) groups is 2. The molecular formula is C20H26ClN3O3S. The molecule has 152 valence electrons. The summed E-state index contributed by atoms with van der Waals surface area (Å²) in [6.07, 6.45) is 8.21. The maximum Gasteiger partial charge on any atom is 0.341 e. The van der Waals surface area contributed by atoms with Crippen LogP contribution in [0.1, 0.15) is 73.3 Å². The molecule has 1 amide bonds. The minimum Gasteiger partial charge on any atom is -0.459 e. The number of nitrogens with one attached hydrogen (secondary N) is 1. The van der Waals surface area contributed by atoms with E-state index in [1.165, 1.54) is 22.4 Å². The number of thiophene rings is 1. The molecular weight excluding hydrogens is 398 g/mol. The third kappa shape index (κ3) is 4.41. The molecule has 2 heterocycles. The Labute approximate surface area is 174 Å². The maximum atomic E-state index is 13.0. The highest BCUT2D eigenvalue weighted by molar-refractivity contribution is 7.17. The number of amides is 1. The van der Waals surface area contributed by atoms with Gasteiger partial charge >= 0.3 is 5.97 Å². The number of hydrogen-bond acceptors (Lipinski definition) is 5. The van der Waals surface area contributed by atoms with Gasteiger partial charge in [0.1, 0.15) is 11.0 Å². The molecule has 1 aliphatic rings. The van der Waals surface area contributed by atoms with Gasteiger partial charge in [-0.1, -0.05) is 25.4 Å². The Morgan fingerprint density at radius 2 is 2.07 bits per heavy atom. The summed E-state index contributed by atoms with van der Waals surface area (Å²) < 4.78 is 7.15. The topological polar surface area (TPSA) is 73.2 Å². The van der Waals surface area contributed by atoms with Crippen molar-refractivity contribution in [3.63, 3.8) is 0 Å². The van der Waals surface area contributed by atoms with Gasteiger partial charge in [0.05, 0.1) is 22.9 Å². The van der Waals surface area contributed by atoms with E-state index in [1.807, 2.05) is 20.8 Å². The van der Waals surface area contributed by atoms with Crippen molar-refractivity contribution >= 4 is 39.8 Å². The van der Waals surface area contributed by atoms with E-state index in [2.05, 4.69) is 10.4 Å². The number of rotatable bonds is 7. The molecule has 3 rings (SSSR count). The number of esters is 1. The van der Waals surface area contributed by atoms with Crippen LogP contribution in [0.5, 0.6) is 0 Å². The summed E-state index contributed by atoms with van der Waals surface area (Å²) in [6.45, 7) is 5.77. The van der Waals surface area contributed by atoms with Crippen LogP contribution in [0.25, 0.3) is 0 Å². The summed E-state index contributed by atoms with van der Waals surface area (Å²) in [4.78, 5) is 27.0. The van der Waals surface area contributed by atoms with Crippen molar-refractivity contribution in [1.29, 1.82) is 0 Å². The summed E-state index contributed by atoms with van der Waals surface area (Å²) >= 11 is 7.44. The first-order chi connectivity index (χ1) is 13.4. The van der Waals surface area contributed by atoms with Gasteiger partial charge in [-0.2, -0.15) is 5.10 Å². The SMILES string of the molecule is CCC(C)OC(=O)c1c(NC(=O)C(CC)n2cc(Cl)cn2)sc2c1CCCC2. The number of anilines is 1. The zero-order chi connectivity index (χ0) is 20.3. The average Bonchev–Trinajstić information content (AvgIpc) is 3.25. The molecule has 2 atom stereocenters. The molecule has 6 nitrogen and oxygen atoms in total. The second-order valence-corrected chi connectivity index (χ2v) is 8.63. The van der Waals surface area contributed by atoms with E-state index in [-0.39, 0.29) is 18.0 Å². The molecule has 0 fully saturated rings. The van der Waals surface area contributed by atoms with Crippen LogP contribution in [0.15, 0.2) is 12.4 Å². The molecule has 0 saturated heterocycles. The Bertz CT molecular complexity index is 861. The van der Waals surface area contributed by atoms with Gasteiger partial charge in [0.15, 0.2) is 0 Å². The first-order valence-electron chi connectivity index (χ1n) is 9.80. The van der Waals surface area contributed by atoms with Crippen molar-refractivity contribution in [2.45, 2.75) is 71.4 Å². The summed E-state index contributed by atoms with van der Waals surface area (Å²) in [7, 11) is 0. The van der Waals surface area contributed by atoms with E-state index in [0.717, 1.165) is 37.7 Å². The van der Waals surface area contributed by atoms with Crippen LogP contribution in [0.3, 0.4) is 0 Å². The quantitative estimate of drug-likeness (QED) is 0.634. The van der Waals surface area contributed by atoms with E-state index in [0.29, 0.717) is 22.0 Å². The molecule has 0 bridgehead atoms. The largest absolute Gasteiger partial charge is 0.459 e. The summed E-state index contributed by atoms with van der Waals surface area (Å²) in [6, 6.07) is -0.495. The lowest BCUT2D eigenvalue weighted by Gasteiger charge is -2.17. The van der Waals surface area contributed by atoms with Crippen LogP contribution in [0, 0.1) is 0 Å². The molecule has 0 radical (unpaired) electrons. The number of halogens is 1. The number of aryl methyl sites for hydroxylation is 1. The minimum absolute atomic E-state index is 0.162. The molecule has 2 aromatic heterocycles. The van der Waals surface area contributed by atoms with Gasteiger partial charge in [-0.05, 0) is 51.0 Å². The molecule has 0 spiro atoms. The molecule has 1 N–H and O–H groups in total. The third-order valence-corrected chi connectivity index (χ3v) is 6.48. The first kappa shape index (κ1) is 20.9. The molecule has 0 aliphatic heterocycles. The van der Waals surface area contributed by atoms with Crippen LogP contribution < -0.4 is 5.32 Å². The van der Waals surface area contributed by atoms with Crippen molar-refractivity contribution in [2.75, 3.05) is 5.32 Å². The van der Waals surface area contributed by atoms with Crippen LogP contribution in [-0.2, 0) is 22.4 Å². The Morgan fingerprint density at radius 3 is 2.71 bits per heavy atom. The van der Waals surface area contributed by atoms with Gasteiger partial charge in [-0.3, -0.25) is 9.48 Å². The molecule has 0 saturated carbocycles. The standard InChI is InChI=1S/C20H26ClN3O3S/c1-4-12(3)27-20(26)17-14-8-6-7-9-16(14)28-19(17)23-18(25)15(5-2)24-11-13(21)10-22-24/h10-12,15H,4-9H2,1-3H3,(H,23,25). The van der Waals surface area contributed by atoms with Crippen LogP contribution in [0.4, 0.5) is 5.00 Å². The van der Waals surface area contributed by atoms with Gasteiger partial charge in [0.2, 0.25) is 5.91 Å². The monoisotopic (exact) mass is 423 g/mol. The fourth-order valence-electron chi connectivity index (χ4n) is 3.37. The Kier molecular flexibility index (Phi) is 6.78. The van der Waals surface area contributed by atoms with Gasteiger partial charge in [-0.15, -0.1) is 11.3 Å². The lowest BCUT2D eigenvalue weighted by Crippen LogP contribution is -2.26. The zero-order valence-corrected chi connectivity index (χ0v) is 18.0. The van der Waals surface area contributed by atoms with E-state index >= 15 is 0 Å². The van der Waals surface area contributed by atoms with Crippen LogP contribution >= 0.6 is 22.9 Å². The molecule has 28 heavy (non-hydrogen) atoms. The molecule has 1 aliphatic carbocycles. The summed E-state index contributed by atoms with van der Waals surface area (Å²) in [5.74, 6) is -0.558. The zero-order valence-electron chi connectivity index (χ0n) is 16.5. The van der Waals surface area contributed by atoms with E-state index < -0.39 is 6.04 Å². The van der Waals surface area contributed by atoms with Crippen molar-refractivity contribution in [3.05, 3.63) is 33.4 Å². The highest BCUT2D eigenvalue weighted by Crippen LogP contribution is 2.39. The lowest BCUT2D eigenvalue weighted by atomic mass is 9.95. The summed E-state index contributed by atoms with van der Waals surface area (Å²) in [5.41, 5.74) is 1.57. The minimum atomic E-state index is -0.495. The van der Waals surface area contributed by atoms with Gasteiger partial charge in [0.25, 0.3) is 0 Å². The Balaban J connectivity index is 1.89. The second-order valence-electron chi connectivity index (χ2n) is 7.09. The molecule has 8 heteroatoms. The number of carbonyl (C=O) groups excluding carboxylic acids is 2. The fraction of sp³-hybridized carbons (Fsp3) is 0.550. The van der Waals surface area contributed by atoms with Gasteiger partial charge in [-0.25, -0.2) is 4.79 Å². The van der Waals surface area contributed by atoms with E-state index in [4.69, 9.17) is 16.3 Å². The number of nitrogens with zero attached hydrogens (tertiary/aromatic N) is 2. The third-order valence-electron chi connectivity index (χ3n) is 5.07. The van der Waals surface area contributed by atoms with Crippen LogP contribution in [0.2, 0.25) is 5.02 Å². The van der Waals surface area contributed by atoms with Crippen molar-refractivity contribution < 1.29 is 14.3 Å². The van der Waals surface area contributed by atoms with Crippen LogP contribution in [-0.4, -0.2) is 27.8 Å². The average molecular weight is 424 g/mol. The Morgan fingerprint density at radius 1 is 1.32 bits per heavy atom. The summed E-state index contributed by atoms with van der Waals surface area (Å²) in [5, 5.41) is 8.20. The highest BCUT2D eigenvalue weighted by atomic mass is 35.5. The maximum absolute atomic E-state index is 13.0. The number of hydrogen-bond donors (Lipinski definition) is 1. The fourth-order valence-corrected chi connectivity index (χ4v) is 4.79. The van der Waals surface area contributed by atoms with E-state index in [9.17, 15) is 9.59 Å². The second kappa shape index (κ2) is 9.09. The number of ether oxygens (including phenoxy) is 1. The lowest BCUT2D eigenvalue weighted by molar-refractivity contribution is -0.119. The predicted molar refractivity (Wildman–Crippen MR) is 111 cm³/mol. The van der Waals surface area contributed by atoms with E-state index in [1.54, 1.807) is 10.9 Å². The van der Waals surface area contributed by atoms with Crippen molar-refractivity contribution in [3.8, 4) is 0 Å². The highest BCUT2D eigenvalue weighted by Gasteiger charge is 2.29. The molecule has 0 aromatic carbocycles. The Hall–Kier alpha value is -1.86. The van der Waals surface area contributed by atoms with Crippen molar-refractivity contribution in [2.24, 2.45) is 0 Å². The number of fused-ring (bicyclic) bond motifs is 1.